The SMILES string of the molecule is COc1ccsc1C(N)c1ccc(C)cc1C. The van der Waals surface area contributed by atoms with Crippen LogP contribution in [0.1, 0.15) is 27.6 Å². The summed E-state index contributed by atoms with van der Waals surface area (Å²) in [6.07, 6.45) is 0. The minimum Gasteiger partial charge on any atom is -0.496 e. The van der Waals surface area contributed by atoms with Gasteiger partial charge in [-0.15, -0.1) is 11.3 Å². The van der Waals surface area contributed by atoms with E-state index in [1.165, 1.54) is 11.1 Å². The van der Waals surface area contributed by atoms with Crippen molar-refractivity contribution in [3.05, 3.63) is 51.2 Å². The zero-order valence-electron chi connectivity index (χ0n) is 10.4. The van der Waals surface area contributed by atoms with Crippen LogP contribution in [0.2, 0.25) is 0 Å². The van der Waals surface area contributed by atoms with Crippen LogP contribution < -0.4 is 10.5 Å². The second kappa shape index (κ2) is 4.90. The van der Waals surface area contributed by atoms with Crippen LogP contribution in [-0.4, -0.2) is 7.11 Å². The normalized spacial score (nSPS) is 12.5. The van der Waals surface area contributed by atoms with Gasteiger partial charge in [-0.1, -0.05) is 23.8 Å². The number of benzene rings is 1. The molecule has 0 aliphatic rings. The van der Waals surface area contributed by atoms with Crippen LogP contribution >= 0.6 is 11.3 Å². The minimum atomic E-state index is -0.106. The number of hydrogen-bond acceptors (Lipinski definition) is 3. The molecule has 2 rings (SSSR count). The maximum absolute atomic E-state index is 6.32. The topological polar surface area (TPSA) is 35.2 Å². The number of hydrogen-bond donors (Lipinski definition) is 1. The lowest BCUT2D eigenvalue weighted by Crippen LogP contribution is -2.12. The van der Waals surface area contributed by atoms with Crippen molar-refractivity contribution in [3.8, 4) is 5.75 Å². The highest BCUT2D eigenvalue weighted by Crippen LogP contribution is 2.34. The number of methoxy groups -OCH3 is 1. The first-order valence-corrected chi connectivity index (χ1v) is 6.45. The van der Waals surface area contributed by atoms with E-state index < -0.39 is 0 Å². The van der Waals surface area contributed by atoms with Gasteiger partial charge < -0.3 is 10.5 Å². The van der Waals surface area contributed by atoms with Gasteiger partial charge in [0, 0.05) is 0 Å². The van der Waals surface area contributed by atoms with Crippen LogP contribution in [0.5, 0.6) is 5.75 Å². The zero-order valence-corrected chi connectivity index (χ0v) is 11.2. The molecule has 17 heavy (non-hydrogen) atoms. The smallest absolute Gasteiger partial charge is 0.134 e. The van der Waals surface area contributed by atoms with Gasteiger partial charge >= 0.3 is 0 Å². The van der Waals surface area contributed by atoms with Gasteiger partial charge in [0.05, 0.1) is 18.0 Å². The average Bonchev–Trinajstić information content (AvgIpc) is 2.76. The van der Waals surface area contributed by atoms with Crippen molar-refractivity contribution >= 4 is 11.3 Å². The molecule has 2 nitrogen and oxygen atoms in total. The third-order valence-electron chi connectivity index (χ3n) is 2.92. The van der Waals surface area contributed by atoms with E-state index in [0.717, 1.165) is 16.2 Å². The number of thiophene rings is 1. The van der Waals surface area contributed by atoms with Gasteiger partial charge in [0.15, 0.2) is 0 Å². The molecule has 0 aliphatic heterocycles. The Balaban J connectivity index is 2.40. The molecule has 1 unspecified atom stereocenters. The van der Waals surface area contributed by atoms with Gasteiger partial charge in [0.25, 0.3) is 0 Å². The maximum atomic E-state index is 6.32. The average molecular weight is 247 g/mol. The Kier molecular flexibility index (Phi) is 3.50. The summed E-state index contributed by atoms with van der Waals surface area (Å²) in [6.45, 7) is 4.19. The van der Waals surface area contributed by atoms with Crippen molar-refractivity contribution in [2.45, 2.75) is 19.9 Å². The van der Waals surface area contributed by atoms with Gasteiger partial charge in [0.2, 0.25) is 0 Å². The fourth-order valence-corrected chi connectivity index (χ4v) is 2.90. The standard InChI is InChI=1S/C14H17NOS/c1-9-4-5-11(10(2)8-9)13(15)14-12(16-3)6-7-17-14/h4-8,13H,15H2,1-3H3. The molecule has 3 heteroatoms. The molecule has 0 aliphatic carbocycles. The molecular weight excluding hydrogens is 230 g/mol. The second-order valence-electron chi connectivity index (χ2n) is 4.19. The number of rotatable bonds is 3. The first-order chi connectivity index (χ1) is 8.13. The molecule has 0 fully saturated rings. The highest BCUT2D eigenvalue weighted by molar-refractivity contribution is 7.10. The lowest BCUT2D eigenvalue weighted by molar-refractivity contribution is 0.411. The summed E-state index contributed by atoms with van der Waals surface area (Å²) >= 11 is 1.64. The Morgan fingerprint density at radius 2 is 2.00 bits per heavy atom. The molecule has 0 amide bonds. The Hall–Kier alpha value is -1.32. The Morgan fingerprint density at radius 3 is 2.65 bits per heavy atom. The van der Waals surface area contributed by atoms with Crippen LogP contribution in [0.4, 0.5) is 0 Å². The third-order valence-corrected chi connectivity index (χ3v) is 3.90. The van der Waals surface area contributed by atoms with E-state index in [4.69, 9.17) is 10.5 Å². The van der Waals surface area contributed by atoms with E-state index in [2.05, 4.69) is 32.0 Å². The number of nitrogens with two attached hydrogens (primary N) is 1. The molecule has 1 aromatic carbocycles. The highest BCUT2D eigenvalue weighted by atomic mass is 32.1. The van der Waals surface area contributed by atoms with E-state index in [-0.39, 0.29) is 6.04 Å². The third kappa shape index (κ3) is 2.35. The predicted molar refractivity (Wildman–Crippen MR) is 72.8 cm³/mol. The molecule has 0 saturated heterocycles. The van der Waals surface area contributed by atoms with Crippen molar-refractivity contribution in [2.75, 3.05) is 7.11 Å². The van der Waals surface area contributed by atoms with Gasteiger partial charge in [-0.2, -0.15) is 0 Å². The van der Waals surface area contributed by atoms with Crippen molar-refractivity contribution in [1.82, 2.24) is 0 Å². The maximum Gasteiger partial charge on any atom is 0.134 e. The summed E-state index contributed by atoms with van der Waals surface area (Å²) in [4.78, 5) is 1.08. The monoisotopic (exact) mass is 247 g/mol. The van der Waals surface area contributed by atoms with Crippen LogP contribution in [0.3, 0.4) is 0 Å². The molecule has 0 spiro atoms. The van der Waals surface area contributed by atoms with E-state index >= 15 is 0 Å². The van der Waals surface area contributed by atoms with Crippen LogP contribution in [0, 0.1) is 13.8 Å². The van der Waals surface area contributed by atoms with Crippen LogP contribution in [-0.2, 0) is 0 Å². The first kappa shape index (κ1) is 12.1. The molecule has 2 N–H and O–H groups in total. The zero-order chi connectivity index (χ0) is 12.4. The van der Waals surface area contributed by atoms with Crippen molar-refractivity contribution in [2.24, 2.45) is 5.73 Å². The van der Waals surface area contributed by atoms with E-state index in [1.54, 1.807) is 18.4 Å². The quantitative estimate of drug-likeness (QED) is 0.902. The van der Waals surface area contributed by atoms with Crippen molar-refractivity contribution < 1.29 is 4.74 Å². The fourth-order valence-electron chi connectivity index (χ4n) is 2.02. The lowest BCUT2D eigenvalue weighted by Gasteiger charge is -2.15. The number of ether oxygens (including phenoxy) is 1. The second-order valence-corrected chi connectivity index (χ2v) is 5.14. The summed E-state index contributed by atoms with van der Waals surface area (Å²) in [5.41, 5.74) is 9.97. The van der Waals surface area contributed by atoms with E-state index in [0.29, 0.717) is 0 Å². The Labute approximate surface area is 106 Å². The highest BCUT2D eigenvalue weighted by Gasteiger charge is 2.17. The molecule has 0 radical (unpaired) electrons. The summed E-state index contributed by atoms with van der Waals surface area (Å²) < 4.78 is 5.32. The number of aryl methyl sites for hydroxylation is 2. The van der Waals surface area contributed by atoms with Gasteiger partial charge in [-0.05, 0) is 36.4 Å². The molecule has 2 aromatic rings. The Bertz CT molecular complexity index is 519. The lowest BCUT2D eigenvalue weighted by atomic mass is 9.98. The molecule has 0 saturated carbocycles. The van der Waals surface area contributed by atoms with Gasteiger partial charge in [-0.3, -0.25) is 0 Å². The molecular formula is C14H17NOS. The van der Waals surface area contributed by atoms with Crippen LogP contribution in [0.25, 0.3) is 0 Å². The molecule has 0 bridgehead atoms. The molecule has 90 valence electrons. The largest absolute Gasteiger partial charge is 0.496 e. The van der Waals surface area contributed by atoms with Crippen LogP contribution in [0.15, 0.2) is 29.6 Å². The summed E-state index contributed by atoms with van der Waals surface area (Å²) in [5.74, 6) is 0.877. The minimum absolute atomic E-state index is 0.106. The summed E-state index contributed by atoms with van der Waals surface area (Å²) in [6, 6.07) is 8.22. The fraction of sp³-hybridized carbons (Fsp3) is 0.286. The van der Waals surface area contributed by atoms with E-state index in [9.17, 15) is 0 Å². The Morgan fingerprint density at radius 1 is 1.24 bits per heavy atom. The van der Waals surface area contributed by atoms with Crippen molar-refractivity contribution in [3.63, 3.8) is 0 Å². The van der Waals surface area contributed by atoms with E-state index in [1.807, 2.05) is 11.4 Å². The molecule has 1 heterocycles. The molecule has 1 aromatic heterocycles. The van der Waals surface area contributed by atoms with Gasteiger partial charge in [0.1, 0.15) is 5.75 Å². The van der Waals surface area contributed by atoms with Crippen molar-refractivity contribution in [1.29, 1.82) is 0 Å². The predicted octanol–water partition coefficient (Wildman–Crippen LogP) is 3.42. The summed E-state index contributed by atoms with van der Waals surface area (Å²) in [7, 11) is 1.68. The molecule has 1 atom stereocenters. The first-order valence-electron chi connectivity index (χ1n) is 5.57. The summed E-state index contributed by atoms with van der Waals surface area (Å²) in [5, 5.41) is 2.01. The van der Waals surface area contributed by atoms with Gasteiger partial charge in [-0.25, -0.2) is 0 Å².